The van der Waals surface area contributed by atoms with Crippen LogP contribution in [-0.4, -0.2) is 23.3 Å². The number of esters is 1. The van der Waals surface area contributed by atoms with Gasteiger partial charge < -0.3 is 9.84 Å². The Labute approximate surface area is 134 Å². The number of carbonyl (C=O) groups is 1. The molecule has 0 radical (unpaired) electrons. The van der Waals surface area contributed by atoms with E-state index in [-0.39, 0.29) is 16.8 Å². The molecule has 4 aliphatic rings. The summed E-state index contributed by atoms with van der Waals surface area (Å²) in [6, 6.07) is 0. The second-order valence-electron chi connectivity index (χ2n) is 9.67. The largest absolute Gasteiger partial charge is 0.465 e. The minimum atomic E-state index is -0.444. The molecule has 4 aliphatic carbocycles. The Morgan fingerprint density at radius 2 is 1.95 bits per heavy atom. The molecule has 4 unspecified atom stereocenters. The van der Waals surface area contributed by atoms with Crippen LogP contribution in [0, 0.1) is 22.2 Å². The van der Waals surface area contributed by atoms with Crippen LogP contribution in [0.3, 0.4) is 0 Å². The van der Waals surface area contributed by atoms with E-state index in [1.165, 1.54) is 19.3 Å². The summed E-state index contributed by atoms with van der Waals surface area (Å²) in [6.45, 7) is 8.79. The lowest BCUT2D eigenvalue weighted by atomic mass is 9.42. The van der Waals surface area contributed by atoms with Crippen molar-refractivity contribution < 1.29 is 14.6 Å². The molecular formula is C19H32O3. The van der Waals surface area contributed by atoms with Crippen LogP contribution in [0.4, 0.5) is 0 Å². The Balaban J connectivity index is 1.62. The van der Waals surface area contributed by atoms with E-state index >= 15 is 0 Å². The minimum Gasteiger partial charge on any atom is -0.465 e. The molecule has 0 aromatic carbocycles. The second kappa shape index (κ2) is 4.96. The van der Waals surface area contributed by atoms with Gasteiger partial charge in [-0.3, -0.25) is 4.79 Å². The summed E-state index contributed by atoms with van der Waals surface area (Å²) in [5.41, 5.74) is -0.313. The van der Waals surface area contributed by atoms with Gasteiger partial charge in [-0.25, -0.2) is 0 Å². The maximum atomic E-state index is 12.1. The molecule has 4 atom stereocenters. The van der Waals surface area contributed by atoms with Crippen molar-refractivity contribution in [2.75, 3.05) is 6.61 Å². The predicted octanol–water partition coefficient (Wildman–Crippen LogP) is 4.08. The van der Waals surface area contributed by atoms with Crippen LogP contribution in [0.15, 0.2) is 0 Å². The lowest BCUT2D eigenvalue weighted by molar-refractivity contribution is -0.200. The van der Waals surface area contributed by atoms with Gasteiger partial charge in [0.2, 0.25) is 0 Å². The first kappa shape index (κ1) is 16.3. The fourth-order valence-electron chi connectivity index (χ4n) is 6.06. The highest BCUT2D eigenvalue weighted by Crippen LogP contribution is 2.67. The van der Waals surface area contributed by atoms with Gasteiger partial charge in [0.25, 0.3) is 0 Å². The molecule has 0 spiro atoms. The van der Waals surface area contributed by atoms with E-state index in [0.717, 1.165) is 32.1 Å². The summed E-state index contributed by atoms with van der Waals surface area (Å²) in [4.78, 5) is 12.1. The number of ether oxygens (including phenoxy) is 1. The molecule has 4 rings (SSSR count). The van der Waals surface area contributed by atoms with Gasteiger partial charge in [-0.1, -0.05) is 13.8 Å². The Morgan fingerprint density at radius 3 is 2.55 bits per heavy atom. The van der Waals surface area contributed by atoms with Crippen molar-refractivity contribution in [2.24, 2.45) is 22.2 Å². The lowest BCUT2D eigenvalue weighted by Crippen LogP contribution is -2.59. The molecule has 1 N–H and O–H groups in total. The third-order valence-corrected chi connectivity index (χ3v) is 6.74. The zero-order valence-electron chi connectivity index (χ0n) is 14.7. The van der Waals surface area contributed by atoms with Crippen LogP contribution in [0.2, 0.25) is 0 Å². The normalized spacial score (nSPS) is 43.4. The molecule has 126 valence electrons. The predicted molar refractivity (Wildman–Crippen MR) is 86.3 cm³/mol. The van der Waals surface area contributed by atoms with Gasteiger partial charge in [-0.2, -0.15) is 0 Å². The summed E-state index contributed by atoms with van der Waals surface area (Å²) in [5.74, 6) is 0.596. The topological polar surface area (TPSA) is 46.5 Å². The highest BCUT2D eigenvalue weighted by Gasteiger charge is 2.61. The molecule has 0 aromatic heterocycles. The van der Waals surface area contributed by atoms with E-state index < -0.39 is 5.60 Å². The molecule has 0 amide bonds. The summed E-state index contributed by atoms with van der Waals surface area (Å²) in [7, 11) is 0. The first-order valence-corrected chi connectivity index (χ1v) is 8.99. The number of carbonyl (C=O) groups excluding carboxylic acids is 1. The molecule has 4 bridgehead atoms. The average Bonchev–Trinajstić information content (AvgIpc) is 2.33. The summed E-state index contributed by atoms with van der Waals surface area (Å²) >= 11 is 0. The van der Waals surface area contributed by atoms with Gasteiger partial charge in [0.15, 0.2) is 0 Å². The quantitative estimate of drug-likeness (QED) is 0.779. The van der Waals surface area contributed by atoms with Crippen molar-refractivity contribution in [3.05, 3.63) is 0 Å². The monoisotopic (exact) mass is 308 g/mol. The van der Waals surface area contributed by atoms with Crippen molar-refractivity contribution in [1.29, 1.82) is 0 Å². The summed E-state index contributed by atoms with van der Waals surface area (Å²) in [6.07, 6.45) is 8.31. The average molecular weight is 308 g/mol. The van der Waals surface area contributed by atoms with Gasteiger partial charge in [0, 0.05) is 0 Å². The van der Waals surface area contributed by atoms with Gasteiger partial charge in [-0.05, 0) is 82.0 Å². The standard InChI is InChI=1S/C19H32O3/c1-5-16(2,3)15(20)22-7-6-18-9-14-8-17(4,11-18)12-19(21,10-14)13-18/h14,21H,5-13H2,1-4H3. The lowest BCUT2D eigenvalue weighted by Gasteiger charge is -2.64. The SMILES string of the molecule is CCC(C)(C)C(=O)OCCC12CC3CC(C)(CC(O)(C3)C1)C2. The first-order chi connectivity index (χ1) is 10.1. The van der Waals surface area contributed by atoms with Crippen LogP contribution in [-0.2, 0) is 9.53 Å². The third-order valence-electron chi connectivity index (χ3n) is 6.74. The van der Waals surface area contributed by atoms with Gasteiger partial charge in [0.05, 0.1) is 17.6 Å². The molecular weight excluding hydrogens is 276 g/mol. The van der Waals surface area contributed by atoms with Gasteiger partial charge >= 0.3 is 5.97 Å². The van der Waals surface area contributed by atoms with Crippen molar-refractivity contribution in [2.45, 2.75) is 84.7 Å². The van der Waals surface area contributed by atoms with Crippen molar-refractivity contribution in [3.8, 4) is 0 Å². The highest BCUT2D eigenvalue weighted by molar-refractivity contribution is 5.75. The van der Waals surface area contributed by atoms with Crippen LogP contribution in [0.1, 0.15) is 79.1 Å². The van der Waals surface area contributed by atoms with E-state index in [0.29, 0.717) is 17.9 Å². The van der Waals surface area contributed by atoms with Crippen LogP contribution < -0.4 is 0 Å². The molecule has 0 saturated heterocycles. The number of hydrogen-bond acceptors (Lipinski definition) is 3. The Bertz CT molecular complexity index is 449. The molecule has 4 fully saturated rings. The third kappa shape index (κ3) is 2.81. The summed E-state index contributed by atoms with van der Waals surface area (Å²) in [5, 5.41) is 10.9. The maximum absolute atomic E-state index is 12.1. The number of hydrogen-bond donors (Lipinski definition) is 1. The molecule has 0 aliphatic heterocycles. The molecule has 0 aromatic rings. The van der Waals surface area contributed by atoms with E-state index in [1.54, 1.807) is 0 Å². The van der Waals surface area contributed by atoms with E-state index in [2.05, 4.69) is 6.92 Å². The van der Waals surface area contributed by atoms with Crippen molar-refractivity contribution in [3.63, 3.8) is 0 Å². The number of aliphatic hydroxyl groups is 1. The molecule has 3 nitrogen and oxygen atoms in total. The smallest absolute Gasteiger partial charge is 0.311 e. The fraction of sp³-hybridized carbons (Fsp3) is 0.947. The second-order valence-corrected chi connectivity index (χ2v) is 9.67. The maximum Gasteiger partial charge on any atom is 0.311 e. The molecule has 0 heterocycles. The number of rotatable bonds is 5. The zero-order valence-corrected chi connectivity index (χ0v) is 14.7. The van der Waals surface area contributed by atoms with Crippen molar-refractivity contribution >= 4 is 5.97 Å². The van der Waals surface area contributed by atoms with Crippen LogP contribution >= 0.6 is 0 Å². The van der Waals surface area contributed by atoms with Crippen molar-refractivity contribution in [1.82, 2.24) is 0 Å². The molecule has 3 heteroatoms. The zero-order chi connectivity index (χ0) is 16.2. The fourth-order valence-corrected chi connectivity index (χ4v) is 6.06. The Morgan fingerprint density at radius 1 is 1.23 bits per heavy atom. The van der Waals surface area contributed by atoms with E-state index in [1.807, 2.05) is 20.8 Å². The summed E-state index contributed by atoms with van der Waals surface area (Å²) < 4.78 is 5.58. The minimum absolute atomic E-state index is 0.0790. The Hall–Kier alpha value is -0.570. The van der Waals surface area contributed by atoms with Crippen LogP contribution in [0.5, 0.6) is 0 Å². The molecule has 4 saturated carbocycles. The Kier molecular flexibility index (Phi) is 3.67. The van der Waals surface area contributed by atoms with E-state index in [9.17, 15) is 9.90 Å². The first-order valence-electron chi connectivity index (χ1n) is 8.99. The molecule has 22 heavy (non-hydrogen) atoms. The van der Waals surface area contributed by atoms with Gasteiger partial charge in [-0.15, -0.1) is 0 Å². The van der Waals surface area contributed by atoms with Crippen LogP contribution in [0.25, 0.3) is 0 Å². The van der Waals surface area contributed by atoms with E-state index in [4.69, 9.17) is 4.74 Å². The highest BCUT2D eigenvalue weighted by atomic mass is 16.5. The van der Waals surface area contributed by atoms with Gasteiger partial charge in [0.1, 0.15) is 0 Å².